The highest BCUT2D eigenvalue weighted by Gasteiger charge is 2.08. The molecule has 0 atom stereocenters. The molecule has 0 spiro atoms. The van der Waals surface area contributed by atoms with Crippen molar-refractivity contribution in [1.29, 1.82) is 0 Å². The summed E-state index contributed by atoms with van der Waals surface area (Å²) >= 11 is 11.5. The normalized spacial score (nSPS) is 11.4. The van der Waals surface area contributed by atoms with Crippen LogP contribution in [0.2, 0.25) is 10.0 Å². The smallest absolute Gasteiger partial charge is 0.272 e. The summed E-state index contributed by atoms with van der Waals surface area (Å²) in [6.07, 6.45) is 1.37. The summed E-state index contributed by atoms with van der Waals surface area (Å²) in [6.45, 7) is -0.356. The van der Waals surface area contributed by atoms with Gasteiger partial charge in [0.2, 0.25) is 0 Å². The molecule has 0 saturated heterocycles. The molecule has 0 bridgehead atoms. The Morgan fingerprint density at radius 3 is 2.16 bits per heavy atom. The number of hydrogen-bond donors (Lipinski definition) is 2. The van der Waals surface area contributed by atoms with Gasteiger partial charge in [-0.25, -0.2) is 8.42 Å². The van der Waals surface area contributed by atoms with Crippen molar-refractivity contribution < 1.29 is 17.9 Å². The second-order valence-electron chi connectivity index (χ2n) is 4.79. The van der Waals surface area contributed by atoms with Crippen molar-refractivity contribution in [3.05, 3.63) is 69.5 Å². The molecular weight excluding hydrogens is 387 g/mol. The quantitative estimate of drug-likeness (QED) is 0.699. The van der Waals surface area contributed by atoms with Gasteiger partial charge in [-0.1, -0.05) is 35.3 Å². The number of halogens is 2. The van der Waals surface area contributed by atoms with Gasteiger partial charge in [0.25, 0.3) is 15.9 Å². The van der Waals surface area contributed by atoms with E-state index in [9.17, 15) is 13.2 Å². The molecule has 0 fully saturated rings. The minimum absolute atomic E-state index is 0.356. The Morgan fingerprint density at radius 2 is 1.56 bits per heavy atom. The van der Waals surface area contributed by atoms with Crippen molar-refractivity contribution >= 4 is 45.2 Å². The predicted molar refractivity (Wildman–Crippen MR) is 97.6 cm³/mol. The molecule has 25 heavy (non-hydrogen) atoms. The monoisotopic (exact) mass is 400 g/mol. The van der Waals surface area contributed by atoms with E-state index >= 15 is 0 Å². The Hall–Kier alpha value is -2.06. The fourth-order valence-corrected chi connectivity index (χ4v) is 2.53. The Morgan fingerprint density at radius 1 is 1.00 bits per heavy atom. The first kappa shape index (κ1) is 19.3. The van der Waals surface area contributed by atoms with Gasteiger partial charge in [0.1, 0.15) is 5.75 Å². The molecule has 0 unspecified atom stereocenters. The lowest BCUT2D eigenvalue weighted by atomic mass is 10.2. The molecule has 0 aliphatic rings. The minimum Gasteiger partial charge on any atom is -0.484 e. The van der Waals surface area contributed by atoms with Crippen LogP contribution in [-0.4, -0.2) is 20.9 Å². The van der Waals surface area contributed by atoms with E-state index < -0.39 is 15.9 Å². The maximum absolute atomic E-state index is 11.8. The van der Waals surface area contributed by atoms with Gasteiger partial charge in [0.05, 0.1) is 0 Å². The summed E-state index contributed by atoms with van der Waals surface area (Å²) in [7, 11) is -3.84. The highest BCUT2D eigenvalue weighted by molar-refractivity contribution is 7.92. The fourth-order valence-electron chi connectivity index (χ4n) is 1.62. The number of ether oxygens (including phenoxy) is 1. The van der Waals surface area contributed by atoms with Crippen molar-refractivity contribution in [2.24, 2.45) is 0 Å². The number of carbonyl (C=O) groups excluding carboxylic acids is 1. The van der Waals surface area contributed by atoms with E-state index in [1.807, 2.05) is 10.3 Å². The molecule has 0 radical (unpaired) electrons. The van der Waals surface area contributed by atoms with Crippen molar-refractivity contribution in [3.63, 3.8) is 0 Å². The largest absolute Gasteiger partial charge is 0.484 e. The Kier molecular flexibility index (Phi) is 6.83. The molecule has 2 aromatic rings. The molecule has 0 aromatic heterocycles. The maximum atomic E-state index is 11.8. The van der Waals surface area contributed by atoms with Gasteiger partial charge in [-0.15, -0.1) is 4.83 Å². The molecule has 0 aliphatic heterocycles. The standard InChI is InChI=1S/C16H14Cl2N2O4S/c17-13-3-1-12(2-4-13)9-10-25(22,23)20-19-16(21)11-24-15-7-5-14(18)6-8-15/h1-10,20H,11H2,(H,19,21)/b10-9+. The van der Waals surface area contributed by atoms with Gasteiger partial charge >= 0.3 is 0 Å². The summed E-state index contributed by atoms with van der Waals surface area (Å²) < 4.78 is 28.8. The highest BCUT2D eigenvalue weighted by Crippen LogP contribution is 2.15. The van der Waals surface area contributed by atoms with Gasteiger partial charge < -0.3 is 4.74 Å². The van der Waals surface area contributed by atoms with E-state index in [2.05, 4.69) is 0 Å². The number of benzene rings is 2. The third-order valence-electron chi connectivity index (χ3n) is 2.83. The first-order valence-electron chi connectivity index (χ1n) is 6.97. The Labute approximate surface area is 155 Å². The van der Waals surface area contributed by atoms with Crippen LogP contribution in [0.5, 0.6) is 5.75 Å². The molecule has 2 N–H and O–H groups in total. The summed E-state index contributed by atoms with van der Waals surface area (Å²) in [6, 6.07) is 13.0. The van der Waals surface area contributed by atoms with E-state index in [1.54, 1.807) is 48.5 Å². The van der Waals surface area contributed by atoms with Crippen LogP contribution in [0, 0.1) is 0 Å². The van der Waals surface area contributed by atoms with Gasteiger partial charge in [0.15, 0.2) is 6.61 Å². The number of rotatable bonds is 7. The Balaban J connectivity index is 1.81. The Bertz CT molecular complexity index is 851. The number of amides is 1. The van der Waals surface area contributed by atoms with Gasteiger partial charge in [-0.05, 0) is 48.0 Å². The lowest BCUT2D eigenvalue weighted by Gasteiger charge is -2.07. The van der Waals surface area contributed by atoms with Gasteiger partial charge in [0, 0.05) is 15.5 Å². The van der Waals surface area contributed by atoms with Crippen molar-refractivity contribution in [1.82, 2.24) is 10.3 Å². The third kappa shape index (κ3) is 7.15. The summed E-state index contributed by atoms with van der Waals surface area (Å²) in [5.74, 6) is -0.219. The molecule has 9 heteroatoms. The molecule has 6 nitrogen and oxygen atoms in total. The van der Waals surface area contributed by atoms with E-state index in [4.69, 9.17) is 27.9 Å². The fraction of sp³-hybridized carbons (Fsp3) is 0.0625. The van der Waals surface area contributed by atoms with Crippen LogP contribution in [0.1, 0.15) is 5.56 Å². The van der Waals surface area contributed by atoms with E-state index in [0.717, 1.165) is 5.41 Å². The number of sulfonamides is 1. The van der Waals surface area contributed by atoms with E-state index in [0.29, 0.717) is 21.4 Å². The van der Waals surface area contributed by atoms with E-state index in [-0.39, 0.29) is 6.61 Å². The second-order valence-corrected chi connectivity index (χ2v) is 7.23. The SMILES string of the molecule is O=C(COc1ccc(Cl)cc1)NNS(=O)(=O)/C=C/c1ccc(Cl)cc1. The second kappa shape index (κ2) is 8.87. The van der Waals surface area contributed by atoms with Crippen LogP contribution >= 0.6 is 23.2 Å². The lowest BCUT2D eigenvalue weighted by Crippen LogP contribution is -2.42. The molecule has 2 rings (SSSR count). The number of hydrogen-bond acceptors (Lipinski definition) is 4. The zero-order valence-electron chi connectivity index (χ0n) is 12.8. The summed E-state index contributed by atoms with van der Waals surface area (Å²) in [5.41, 5.74) is 2.70. The number of hydrazine groups is 1. The highest BCUT2D eigenvalue weighted by atomic mass is 35.5. The first-order chi connectivity index (χ1) is 11.8. The van der Waals surface area contributed by atoms with Gasteiger partial charge in [-0.2, -0.15) is 0 Å². The number of nitrogens with one attached hydrogen (secondary N) is 2. The molecule has 0 heterocycles. The van der Waals surface area contributed by atoms with Crippen molar-refractivity contribution in [2.75, 3.05) is 6.61 Å². The average molecular weight is 401 g/mol. The maximum Gasteiger partial charge on any atom is 0.272 e. The summed E-state index contributed by atoms with van der Waals surface area (Å²) in [5, 5.41) is 2.01. The third-order valence-corrected chi connectivity index (χ3v) is 4.21. The predicted octanol–water partition coefficient (Wildman–Crippen LogP) is 2.99. The first-order valence-corrected chi connectivity index (χ1v) is 9.27. The molecule has 2 aromatic carbocycles. The van der Waals surface area contributed by atoms with Crippen LogP contribution in [0.25, 0.3) is 6.08 Å². The molecule has 0 saturated carbocycles. The number of carbonyl (C=O) groups is 1. The van der Waals surface area contributed by atoms with Crippen molar-refractivity contribution in [2.45, 2.75) is 0 Å². The van der Waals surface area contributed by atoms with Crippen LogP contribution in [0.3, 0.4) is 0 Å². The zero-order valence-corrected chi connectivity index (χ0v) is 15.1. The van der Waals surface area contributed by atoms with Crippen LogP contribution in [0.4, 0.5) is 0 Å². The molecule has 132 valence electrons. The molecule has 1 amide bonds. The topological polar surface area (TPSA) is 84.5 Å². The summed E-state index contributed by atoms with van der Waals surface area (Å²) in [4.78, 5) is 13.6. The van der Waals surface area contributed by atoms with Crippen LogP contribution in [-0.2, 0) is 14.8 Å². The average Bonchev–Trinajstić information content (AvgIpc) is 2.59. The van der Waals surface area contributed by atoms with Crippen LogP contribution in [0.15, 0.2) is 53.9 Å². The minimum atomic E-state index is -3.84. The zero-order chi connectivity index (χ0) is 18.3. The van der Waals surface area contributed by atoms with E-state index in [1.165, 1.54) is 6.08 Å². The van der Waals surface area contributed by atoms with Crippen molar-refractivity contribution in [3.8, 4) is 5.75 Å². The van der Waals surface area contributed by atoms with Crippen LogP contribution < -0.4 is 15.0 Å². The molecular formula is C16H14Cl2N2O4S. The lowest BCUT2D eigenvalue weighted by molar-refractivity contribution is -0.123. The van der Waals surface area contributed by atoms with Gasteiger partial charge in [-0.3, -0.25) is 10.2 Å². The molecule has 0 aliphatic carbocycles.